The highest BCUT2D eigenvalue weighted by Crippen LogP contribution is 2.35. The van der Waals surface area contributed by atoms with Gasteiger partial charge in [-0.15, -0.1) is 0 Å². The monoisotopic (exact) mass is 245 g/mol. The summed E-state index contributed by atoms with van der Waals surface area (Å²) in [6.45, 7) is 2.74. The van der Waals surface area contributed by atoms with E-state index in [-0.39, 0.29) is 5.56 Å². The normalized spacial score (nSPS) is 13.6. The third-order valence-corrected chi connectivity index (χ3v) is 2.83. The zero-order valence-electron chi connectivity index (χ0n) is 9.77. The minimum atomic E-state index is -0.970. The van der Waals surface area contributed by atoms with E-state index in [4.69, 9.17) is 9.47 Å². The number of aromatic nitrogens is 1. The van der Waals surface area contributed by atoms with E-state index < -0.39 is 5.97 Å². The number of aromatic carboxylic acids is 1. The Kier molecular flexibility index (Phi) is 2.33. The number of aryl methyl sites for hydroxylation is 1. The average molecular weight is 245 g/mol. The number of benzene rings is 1. The van der Waals surface area contributed by atoms with Crippen molar-refractivity contribution in [1.29, 1.82) is 0 Å². The van der Waals surface area contributed by atoms with Crippen LogP contribution in [0.25, 0.3) is 10.9 Å². The van der Waals surface area contributed by atoms with Gasteiger partial charge in [-0.1, -0.05) is 0 Å². The summed E-state index contributed by atoms with van der Waals surface area (Å²) in [6.07, 6.45) is 0. The van der Waals surface area contributed by atoms with E-state index in [2.05, 4.69) is 4.98 Å². The fourth-order valence-electron chi connectivity index (χ4n) is 2.07. The lowest BCUT2D eigenvalue weighted by atomic mass is 10.1. The van der Waals surface area contributed by atoms with Crippen molar-refractivity contribution in [3.8, 4) is 11.5 Å². The molecule has 1 aromatic heterocycles. The highest BCUT2D eigenvalue weighted by atomic mass is 16.6. The summed E-state index contributed by atoms with van der Waals surface area (Å²) in [6, 6.07) is 4.96. The predicted octanol–water partition coefficient (Wildman–Crippen LogP) is 2.01. The van der Waals surface area contributed by atoms with Crippen LogP contribution in [0.4, 0.5) is 0 Å². The van der Waals surface area contributed by atoms with Gasteiger partial charge in [0.25, 0.3) is 0 Å². The highest BCUT2D eigenvalue weighted by molar-refractivity contribution is 6.03. The van der Waals surface area contributed by atoms with Gasteiger partial charge in [0.1, 0.15) is 13.2 Å². The number of ether oxygens (including phenoxy) is 2. The Hall–Kier alpha value is -2.30. The Bertz CT molecular complexity index is 651. The molecule has 5 nitrogen and oxygen atoms in total. The molecule has 5 heteroatoms. The molecule has 0 fully saturated rings. The van der Waals surface area contributed by atoms with Crippen molar-refractivity contribution in [1.82, 2.24) is 4.98 Å². The molecule has 1 aliphatic heterocycles. The molecule has 0 spiro atoms. The number of fused-ring (bicyclic) bond motifs is 2. The Labute approximate surface area is 103 Å². The highest BCUT2D eigenvalue weighted by Gasteiger charge is 2.17. The quantitative estimate of drug-likeness (QED) is 0.832. The van der Waals surface area contributed by atoms with Gasteiger partial charge in [-0.2, -0.15) is 0 Å². The smallest absolute Gasteiger partial charge is 0.336 e. The summed E-state index contributed by atoms with van der Waals surface area (Å²) in [5, 5.41) is 9.78. The summed E-state index contributed by atoms with van der Waals surface area (Å²) in [5.74, 6) is 0.215. The van der Waals surface area contributed by atoms with Gasteiger partial charge in [0, 0.05) is 17.1 Å². The third kappa shape index (κ3) is 1.64. The first-order valence-electron chi connectivity index (χ1n) is 5.59. The maximum atomic E-state index is 11.2. The fraction of sp³-hybridized carbons (Fsp3) is 0.231. The number of nitrogens with zero attached hydrogens (tertiary/aromatic N) is 1. The number of carbonyl (C=O) groups is 1. The maximum absolute atomic E-state index is 11.2. The maximum Gasteiger partial charge on any atom is 0.336 e. The standard InChI is InChI=1S/C13H11NO4/c1-7-4-9(13(15)16)8-5-11-12(6-10(8)14-7)18-3-2-17-11/h4-6H,2-3H2,1H3,(H,15,16). The Morgan fingerprint density at radius 3 is 2.56 bits per heavy atom. The lowest BCUT2D eigenvalue weighted by Gasteiger charge is -2.19. The minimum absolute atomic E-state index is 0.231. The predicted molar refractivity (Wildman–Crippen MR) is 64.4 cm³/mol. The lowest BCUT2D eigenvalue weighted by molar-refractivity contribution is 0.0699. The molecule has 2 heterocycles. The molecule has 0 saturated carbocycles. The van der Waals surface area contributed by atoms with E-state index >= 15 is 0 Å². The van der Waals surface area contributed by atoms with E-state index in [0.29, 0.717) is 41.3 Å². The van der Waals surface area contributed by atoms with E-state index in [0.717, 1.165) is 0 Å². The van der Waals surface area contributed by atoms with Gasteiger partial charge in [0.15, 0.2) is 11.5 Å². The van der Waals surface area contributed by atoms with E-state index in [1.54, 1.807) is 25.1 Å². The number of hydrogen-bond acceptors (Lipinski definition) is 4. The molecule has 3 rings (SSSR count). The molecule has 1 aliphatic rings. The third-order valence-electron chi connectivity index (χ3n) is 2.83. The van der Waals surface area contributed by atoms with Crippen LogP contribution in [0.5, 0.6) is 11.5 Å². The van der Waals surface area contributed by atoms with E-state index in [1.807, 2.05) is 0 Å². The molecule has 0 amide bonds. The van der Waals surface area contributed by atoms with Gasteiger partial charge in [0.05, 0.1) is 11.1 Å². The molecule has 92 valence electrons. The molecule has 18 heavy (non-hydrogen) atoms. The molecule has 0 saturated heterocycles. The van der Waals surface area contributed by atoms with Crippen molar-refractivity contribution in [2.75, 3.05) is 13.2 Å². The molecular weight excluding hydrogens is 234 g/mol. The zero-order valence-corrected chi connectivity index (χ0v) is 9.77. The minimum Gasteiger partial charge on any atom is -0.486 e. The van der Waals surface area contributed by atoms with Crippen LogP contribution in [0.1, 0.15) is 16.1 Å². The Morgan fingerprint density at radius 1 is 1.22 bits per heavy atom. The van der Waals surface area contributed by atoms with Crippen LogP contribution in [0.2, 0.25) is 0 Å². The molecule has 0 unspecified atom stereocenters. The van der Waals surface area contributed by atoms with Gasteiger partial charge in [-0.05, 0) is 19.1 Å². The number of carboxylic acids is 1. The summed E-state index contributed by atoms with van der Waals surface area (Å²) in [7, 11) is 0. The van der Waals surface area contributed by atoms with Gasteiger partial charge in [-0.25, -0.2) is 4.79 Å². The molecule has 0 atom stereocenters. The van der Waals surface area contributed by atoms with Crippen molar-refractivity contribution >= 4 is 16.9 Å². The molecule has 2 aromatic rings. The topological polar surface area (TPSA) is 68.7 Å². The zero-order chi connectivity index (χ0) is 12.7. The molecule has 0 aliphatic carbocycles. The van der Waals surface area contributed by atoms with Gasteiger partial charge in [0.2, 0.25) is 0 Å². The molecule has 1 aromatic carbocycles. The first-order valence-corrected chi connectivity index (χ1v) is 5.59. The molecule has 0 bridgehead atoms. The Balaban J connectivity index is 2.33. The number of carboxylic acid groups (broad SMARTS) is 1. The van der Waals surface area contributed by atoms with Crippen LogP contribution >= 0.6 is 0 Å². The second-order valence-corrected chi connectivity index (χ2v) is 4.13. The summed E-state index contributed by atoms with van der Waals surface area (Å²) in [5.41, 5.74) is 1.50. The van der Waals surface area contributed by atoms with E-state index in [9.17, 15) is 9.90 Å². The molecular formula is C13H11NO4. The fourth-order valence-corrected chi connectivity index (χ4v) is 2.07. The van der Waals surface area contributed by atoms with Gasteiger partial charge >= 0.3 is 5.97 Å². The van der Waals surface area contributed by atoms with Crippen molar-refractivity contribution in [2.45, 2.75) is 6.92 Å². The first-order chi connectivity index (χ1) is 8.65. The van der Waals surface area contributed by atoms with E-state index in [1.165, 1.54) is 0 Å². The number of rotatable bonds is 1. The van der Waals surface area contributed by atoms with Crippen molar-refractivity contribution < 1.29 is 19.4 Å². The van der Waals surface area contributed by atoms with Gasteiger partial charge in [-0.3, -0.25) is 4.98 Å². The number of pyridine rings is 1. The SMILES string of the molecule is Cc1cc(C(=O)O)c2cc3c(cc2n1)OCCO3. The van der Waals surface area contributed by atoms with Crippen LogP contribution in [0.3, 0.4) is 0 Å². The summed E-state index contributed by atoms with van der Waals surface area (Å²) >= 11 is 0. The van der Waals surface area contributed by atoms with Crippen LogP contribution in [0, 0.1) is 6.92 Å². The second kappa shape index (κ2) is 3.87. The lowest BCUT2D eigenvalue weighted by Crippen LogP contribution is -2.15. The van der Waals surface area contributed by atoms with Crippen LogP contribution in [-0.2, 0) is 0 Å². The van der Waals surface area contributed by atoms with Crippen molar-refractivity contribution in [3.05, 3.63) is 29.5 Å². The average Bonchev–Trinajstić information content (AvgIpc) is 2.35. The number of hydrogen-bond donors (Lipinski definition) is 1. The summed E-state index contributed by atoms with van der Waals surface area (Å²) in [4.78, 5) is 15.6. The second-order valence-electron chi connectivity index (χ2n) is 4.13. The van der Waals surface area contributed by atoms with Crippen LogP contribution < -0.4 is 9.47 Å². The Morgan fingerprint density at radius 2 is 1.89 bits per heavy atom. The van der Waals surface area contributed by atoms with Crippen LogP contribution in [-0.4, -0.2) is 29.3 Å². The summed E-state index contributed by atoms with van der Waals surface area (Å²) < 4.78 is 10.9. The van der Waals surface area contributed by atoms with Crippen molar-refractivity contribution in [2.24, 2.45) is 0 Å². The first kappa shape index (κ1) is 10.8. The largest absolute Gasteiger partial charge is 0.486 e. The van der Waals surface area contributed by atoms with Crippen molar-refractivity contribution in [3.63, 3.8) is 0 Å². The van der Waals surface area contributed by atoms with Gasteiger partial charge < -0.3 is 14.6 Å². The molecule has 0 radical (unpaired) electrons. The molecule has 1 N–H and O–H groups in total. The van der Waals surface area contributed by atoms with Crippen LogP contribution in [0.15, 0.2) is 18.2 Å².